The number of carbonyl (C=O) groups is 1. The number of nitrogen functional groups attached to an aromatic ring is 1. The fraction of sp³-hybridized carbons (Fsp3) is 0.562. The first-order valence-corrected chi connectivity index (χ1v) is 7.70. The summed E-state index contributed by atoms with van der Waals surface area (Å²) in [6.07, 6.45) is 6.82. The Morgan fingerprint density at radius 1 is 1.00 bits per heavy atom. The van der Waals surface area contributed by atoms with E-state index in [4.69, 9.17) is 5.73 Å². The van der Waals surface area contributed by atoms with Crippen molar-refractivity contribution in [3.05, 3.63) is 23.8 Å². The van der Waals surface area contributed by atoms with Crippen LogP contribution in [0.15, 0.2) is 18.2 Å². The number of benzene rings is 1. The number of hydrogen-bond donors (Lipinski definition) is 1. The molecule has 4 heteroatoms. The highest BCUT2D eigenvalue weighted by Gasteiger charge is 2.27. The summed E-state index contributed by atoms with van der Waals surface area (Å²) in [6.45, 7) is 2.60. The van der Waals surface area contributed by atoms with Crippen LogP contribution in [-0.2, 0) is 6.42 Å². The van der Waals surface area contributed by atoms with Crippen molar-refractivity contribution in [2.45, 2.75) is 38.5 Å². The predicted octanol–water partition coefficient (Wildman–Crippen LogP) is 3.02. The van der Waals surface area contributed by atoms with Crippen LogP contribution >= 0.6 is 0 Å². The van der Waals surface area contributed by atoms with Crippen LogP contribution in [0.4, 0.5) is 16.2 Å². The molecule has 0 bridgehead atoms. The van der Waals surface area contributed by atoms with Crippen LogP contribution in [0, 0.1) is 0 Å². The van der Waals surface area contributed by atoms with E-state index in [1.54, 1.807) is 0 Å². The predicted molar refractivity (Wildman–Crippen MR) is 82.0 cm³/mol. The van der Waals surface area contributed by atoms with Crippen molar-refractivity contribution in [1.82, 2.24) is 4.90 Å². The van der Waals surface area contributed by atoms with E-state index in [1.807, 2.05) is 21.9 Å². The second-order valence-corrected chi connectivity index (χ2v) is 5.83. The molecule has 1 fully saturated rings. The Balaban J connectivity index is 1.83. The molecular weight excluding hydrogens is 250 g/mol. The lowest BCUT2D eigenvalue weighted by Gasteiger charge is -2.34. The highest BCUT2D eigenvalue weighted by atomic mass is 16.2. The maximum Gasteiger partial charge on any atom is 0.324 e. The smallest absolute Gasteiger partial charge is 0.324 e. The number of rotatable bonds is 0. The van der Waals surface area contributed by atoms with Gasteiger partial charge in [0.05, 0.1) is 5.69 Å². The van der Waals surface area contributed by atoms with Crippen molar-refractivity contribution >= 4 is 17.4 Å². The lowest BCUT2D eigenvalue weighted by molar-refractivity contribution is 0.206. The molecule has 4 nitrogen and oxygen atoms in total. The van der Waals surface area contributed by atoms with E-state index in [0.29, 0.717) is 0 Å². The summed E-state index contributed by atoms with van der Waals surface area (Å²) in [5.74, 6) is 0. The minimum absolute atomic E-state index is 0.165. The van der Waals surface area contributed by atoms with Crippen LogP contribution < -0.4 is 10.6 Å². The Labute approximate surface area is 120 Å². The third-order valence-corrected chi connectivity index (χ3v) is 4.34. The maximum absolute atomic E-state index is 12.8. The molecule has 0 unspecified atom stereocenters. The zero-order valence-electron chi connectivity index (χ0n) is 12.0. The molecule has 1 saturated heterocycles. The lowest BCUT2D eigenvalue weighted by atomic mass is 10.0. The summed E-state index contributed by atoms with van der Waals surface area (Å²) in [7, 11) is 0. The van der Waals surface area contributed by atoms with Crippen LogP contribution in [0.3, 0.4) is 0 Å². The molecule has 2 N–H and O–H groups in total. The summed E-state index contributed by atoms with van der Waals surface area (Å²) in [5.41, 5.74) is 8.89. The first-order chi connectivity index (χ1) is 9.75. The maximum atomic E-state index is 12.8. The Morgan fingerprint density at radius 3 is 2.50 bits per heavy atom. The Morgan fingerprint density at radius 2 is 1.75 bits per heavy atom. The van der Waals surface area contributed by atoms with E-state index in [0.717, 1.165) is 56.7 Å². The number of aryl methyl sites for hydroxylation is 1. The zero-order valence-corrected chi connectivity index (χ0v) is 12.0. The molecule has 0 atom stereocenters. The molecule has 0 aromatic heterocycles. The number of fused-ring (bicyclic) bond motifs is 1. The van der Waals surface area contributed by atoms with Gasteiger partial charge in [-0.25, -0.2) is 4.79 Å². The molecule has 1 aromatic carbocycles. The van der Waals surface area contributed by atoms with Gasteiger partial charge in [0.25, 0.3) is 0 Å². The fourth-order valence-electron chi connectivity index (χ4n) is 3.22. The van der Waals surface area contributed by atoms with Gasteiger partial charge in [-0.15, -0.1) is 0 Å². The van der Waals surface area contributed by atoms with E-state index in [2.05, 4.69) is 6.07 Å². The van der Waals surface area contributed by atoms with Gasteiger partial charge in [-0.2, -0.15) is 0 Å². The van der Waals surface area contributed by atoms with Crippen LogP contribution in [0.2, 0.25) is 0 Å². The van der Waals surface area contributed by atoms with E-state index < -0.39 is 0 Å². The molecule has 3 rings (SSSR count). The van der Waals surface area contributed by atoms with Crippen LogP contribution in [-0.4, -0.2) is 30.6 Å². The van der Waals surface area contributed by atoms with Gasteiger partial charge in [0.15, 0.2) is 0 Å². The molecule has 2 heterocycles. The summed E-state index contributed by atoms with van der Waals surface area (Å²) >= 11 is 0. The number of anilines is 2. The number of nitrogens with zero attached hydrogens (tertiary/aromatic N) is 2. The molecule has 0 radical (unpaired) electrons. The Kier molecular flexibility index (Phi) is 3.81. The standard InChI is InChI=1S/C16H23N3O/c17-14-8-7-13-6-5-11-19(15(13)12-14)16(20)18-9-3-1-2-4-10-18/h7-8,12H,1-6,9-11,17H2. The van der Waals surface area contributed by atoms with Gasteiger partial charge in [-0.1, -0.05) is 18.9 Å². The van der Waals surface area contributed by atoms with Gasteiger partial charge >= 0.3 is 6.03 Å². The van der Waals surface area contributed by atoms with Gasteiger partial charge in [0.1, 0.15) is 0 Å². The van der Waals surface area contributed by atoms with Gasteiger partial charge in [-0.05, 0) is 43.4 Å². The quantitative estimate of drug-likeness (QED) is 0.739. The number of carbonyl (C=O) groups excluding carboxylic acids is 1. The Hall–Kier alpha value is -1.71. The molecule has 108 valence electrons. The topological polar surface area (TPSA) is 49.6 Å². The molecule has 2 aliphatic rings. The van der Waals surface area contributed by atoms with Gasteiger partial charge < -0.3 is 10.6 Å². The van der Waals surface area contributed by atoms with Crippen LogP contribution in [0.25, 0.3) is 0 Å². The van der Waals surface area contributed by atoms with Crippen molar-refractivity contribution in [2.24, 2.45) is 0 Å². The molecule has 0 saturated carbocycles. The number of nitrogens with two attached hydrogens (primary N) is 1. The Bertz CT molecular complexity index is 492. The normalized spacial score (nSPS) is 19.4. The molecule has 2 aliphatic heterocycles. The van der Waals surface area contributed by atoms with Crippen molar-refractivity contribution in [1.29, 1.82) is 0 Å². The zero-order chi connectivity index (χ0) is 13.9. The second kappa shape index (κ2) is 5.73. The van der Waals surface area contributed by atoms with Crippen LogP contribution in [0.1, 0.15) is 37.7 Å². The average Bonchev–Trinajstić information content (AvgIpc) is 2.75. The van der Waals surface area contributed by atoms with Crippen molar-refractivity contribution in [3.8, 4) is 0 Å². The number of hydrogen-bond acceptors (Lipinski definition) is 2. The lowest BCUT2D eigenvalue weighted by Crippen LogP contribution is -2.46. The SMILES string of the molecule is Nc1ccc2c(c1)N(C(=O)N1CCCCCC1)CCC2. The first kappa shape index (κ1) is 13.3. The van der Waals surface area contributed by atoms with Gasteiger partial charge in [0, 0.05) is 25.3 Å². The van der Waals surface area contributed by atoms with Crippen molar-refractivity contribution in [2.75, 3.05) is 30.3 Å². The molecule has 2 amide bonds. The van der Waals surface area contributed by atoms with E-state index in [1.165, 1.54) is 18.4 Å². The minimum Gasteiger partial charge on any atom is -0.399 e. The summed E-state index contributed by atoms with van der Waals surface area (Å²) in [4.78, 5) is 16.7. The molecule has 20 heavy (non-hydrogen) atoms. The number of urea groups is 1. The van der Waals surface area contributed by atoms with Gasteiger partial charge in [0.2, 0.25) is 0 Å². The fourth-order valence-corrected chi connectivity index (χ4v) is 3.22. The molecule has 0 aliphatic carbocycles. The van der Waals surface area contributed by atoms with E-state index in [-0.39, 0.29) is 6.03 Å². The summed E-state index contributed by atoms with van der Waals surface area (Å²) < 4.78 is 0. The van der Waals surface area contributed by atoms with E-state index >= 15 is 0 Å². The largest absolute Gasteiger partial charge is 0.399 e. The summed E-state index contributed by atoms with van der Waals surface area (Å²) in [5, 5.41) is 0. The highest BCUT2D eigenvalue weighted by molar-refractivity contribution is 5.94. The molecule has 0 spiro atoms. The number of likely N-dealkylation sites (tertiary alicyclic amines) is 1. The van der Waals surface area contributed by atoms with Gasteiger partial charge in [-0.3, -0.25) is 4.90 Å². The number of amides is 2. The monoisotopic (exact) mass is 273 g/mol. The highest BCUT2D eigenvalue weighted by Crippen LogP contribution is 2.30. The van der Waals surface area contributed by atoms with Crippen molar-refractivity contribution in [3.63, 3.8) is 0 Å². The molecule has 1 aromatic rings. The van der Waals surface area contributed by atoms with Crippen LogP contribution in [0.5, 0.6) is 0 Å². The minimum atomic E-state index is 0.165. The molecular formula is C16H23N3O. The summed E-state index contributed by atoms with van der Waals surface area (Å²) in [6, 6.07) is 6.11. The first-order valence-electron chi connectivity index (χ1n) is 7.70. The average molecular weight is 273 g/mol. The van der Waals surface area contributed by atoms with E-state index in [9.17, 15) is 4.79 Å². The second-order valence-electron chi connectivity index (χ2n) is 5.83. The third-order valence-electron chi connectivity index (χ3n) is 4.34. The third kappa shape index (κ3) is 2.60. The van der Waals surface area contributed by atoms with Crippen molar-refractivity contribution < 1.29 is 4.79 Å².